The number of aromatic nitrogens is 1. The number of rotatable bonds is 4. The van der Waals surface area contributed by atoms with Crippen LogP contribution < -0.4 is 0 Å². The molecule has 0 saturated heterocycles. The lowest BCUT2D eigenvalue weighted by Gasteiger charge is -2.64. The second-order valence-electron chi connectivity index (χ2n) is 17.9. The molecule has 2 saturated carbocycles. The molecule has 5 heteroatoms. The van der Waals surface area contributed by atoms with Crippen LogP contribution >= 0.6 is 0 Å². The topological polar surface area (TPSA) is 71.7 Å². The van der Waals surface area contributed by atoms with Crippen LogP contribution in [0.1, 0.15) is 122 Å². The van der Waals surface area contributed by atoms with E-state index in [4.69, 9.17) is 4.74 Å². The zero-order valence-corrected chi connectivity index (χ0v) is 30.4. The monoisotopic (exact) mass is 647 g/mol. The highest BCUT2D eigenvalue weighted by atomic mass is 16.5. The number of nitrogens with zero attached hydrogens (tertiary/aromatic N) is 1. The molecule has 48 heavy (non-hydrogen) atoms. The Morgan fingerprint density at radius 1 is 1.04 bits per heavy atom. The zero-order valence-electron chi connectivity index (χ0n) is 30.4. The number of carbonyl (C=O) groups is 1. The van der Waals surface area contributed by atoms with Gasteiger partial charge >= 0.3 is 5.97 Å². The number of aliphatic carboxylic acids is 1. The minimum atomic E-state index is -0.909. The second kappa shape index (κ2) is 9.75. The quantitative estimate of drug-likeness (QED) is 0.197. The molecule has 3 heterocycles. The summed E-state index contributed by atoms with van der Waals surface area (Å²) in [6.45, 7) is 24.5. The van der Waals surface area contributed by atoms with Gasteiger partial charge in [-0.25, -0.2) is 4.79 Å². The Bertz CT molecular complexity index is 1960. The number of benzene rings is 1. The van der Waals surface area contributed by atoms with E-state index in [-0.39, 0.29) is 34.0 Å². The third kappa shape index (κ3) is 3.89. The van der Waals surface area contributed by atoms with Crippen molar-refractivity contribution in [1.29, 1.82) is 0 Å². The van der Waals surface area contributed by atoms with E-state index in [0.717, 1.165) is 38.5 Å². The number of carboxylic acids is 1. The maximum absolute atomic E-state index is 11.7. The molecule has 2 aromatic rings. The van der Waals surface area contributed by atoms with Gasteiger partial charge < -0.3 is 19.5 Å². The summed E-state index contributed by atoms with van der Waals surface area (Å²) >= 11 is 0. The molecule has 5 nitrogen and oxygen atoms in total. The number of carboxylic acid groups (broad SMARTS) is 1. The van der Waals surface area contributed by atoms with Gasteiger partial charge in [0.05, 0.1) is 28.9 Å². The molecule has 1 unspecified atom stereocenters. The standard InChI is InChI=1S/C43H53NO4/c1-23(2)33-21-29-27-20-32-31(22-39(4,5)48-40(32,6)7)26(27)19-28-30-18-25-13-14-34-41(8,16-11-12-24(3)38(46)47)35(45)15-17-42(34,9)43(25,10)37(30)44(33)36(28)29/h11-12,16,19-20,22,25,33-35,45H,1,13-15,17-18,21H2,2-10H3,(H,46,47)/b16-11+,24-12+/t25-,33+,34?,35-,41-,42-,43+/m0/s1. The minimum Gasteiger partial charge on any atom is -0.478 e. The fourth-order valence-corrected chi connectivity index (χ4v) is 12.0. The van der Waals surface area contributed by atoms with Crippen molar-refractivity contribution >= 4 is 28.5 Å². The fraction of sp³-hybridized carbons (Fsp3) is 0.558. The molecule has 2 fully saturated rings. The highest BCUT2D eigenvalue weighted by Gasteiger charge is 2.67. The first kappa shape index (κ1) is 32.1. The molecule has 7 atom stereocenters. The van der Waals surface area contributed by atoms with Gasteiger partial charge in [-0.2, -0.15) is 0 Å². The molecule has 2 aliphatic heterocycles. The SMILES string of the molecule is C=C(C)[C@H]1Cc2c3c(cc4c5c(n1c24)[C@@]1(C)[C@@H](CCC2[C@](C)(/C=C/C=C(\C)C(=O)O)[C@@H](O)CC[C@@]21C)C5)C1=CC(C)(C)OC(C)(C)C1=C3. The molecule has 1 aromatic heterocycles. The van der Waals surface area contributed by atoms with Gasteiger partial charge in [0, 0.05) is 27.5 Å². The molecule has 4 aliphatic carbocycles. The number of ether oxygens (including phenoxy) is 1. The van der Waals surface area contributed by atoms with E-state index >= 15 is 0 Å². The van der Waals surface area contributed by atoms with E-state index in [2.05, 4.69) is 90.8 Å². The Morgan fingerprint density at radius 3 is 2.46 bits per heavy atom. The smallest absolute Gasteiger partial charge is 0.331 e. The summed E-state index contributed by atoms with van der Waals surface area (Å²) in [6, 6.07) is 2.75. The van der Waals surface area contributed by atoms with Crippen LogP contribution in [0.5, 0.6) is 0 Å². The summed E-state index contributed by atoms with van der Waals surface area (Å²) in [7, 11) is 0. The van der Waals surface area contributed by atoms with Gasteiger partial charge in [-0.15, -0.1) is 0 Å². The van der Waals surface area contributed by atoms with Crippen molar-refractivity contribution < 1.29 is 19.7 Å². The van der Waals surface area contributed by atoms with Gasteiger partial charge in [0.1, 0.15) is 0 Å². The van der Waals surface area contributed by atoms with Gasteiger partial charge in [-0.05, 0) is 149 Å². The molecule has 254 valence electrons. The number of allylic oxidation sites excluding steroid dienone is 3. The van der Waals surface area contributed by atoms with Crippen LogP contribution in [0.15, 0.2) is 53.7 Å². The highest BCUT2D eigenvalue weighted by molar-refractivity contribution is 6.05. The van der Waals surface area contributed by atoms with Gasteiger partial charge in [0.2, 0.25) is 0 Å². The van der Waals surface area contributed by atoms with Crippen molar-refractivity contribution in [3.8, 4) is 0 Å². The number of aliphatic hydroxyl groups is 1. The predicted octanol–water partition coefficient (Wildman–Crippen LogP) is 9.28. The molecule has 8 rings (SSSR count). The van der Waals surface area contributed by atoms with Crippen molar-refractivity contribution in [2.45, 2.75) is 130 Å². The van der Waals surface area contributed by atoms with Crippen molar-refractivity contribution in [2.75, 3.05) is 0 Å². The van der Waals surface area contributed by atoms with Crippen LogP contribution in [-0.4, -0.2) is 38.1 Å². The number of fused-ring (bicyclic) bond motifs is 11. The fourth-order valence-electron chi connectivity index (χ4n) is 12.0. The van der Waals surface area contributed by atoms with E-state index in [0.29, 0.717) is 11.5 Å². The molecule has 2 N–H and O–H groups in total. The van der Waals surface area contributed by atoms with E-state index in [9.17, 15) is 15.0 Å². The molecule has 0 radical (unpaired) electrons. The second-order valence-corrected chi connectivity index (χ2v) is 17.9. The maximum Gasteiger partial charge on any atom is 0.331 e. The molecule has 0 amide bonds. The Labute approximate surface area is 286 Å². The first-order chi connectivity index (χ1) is 22.4. The largest absolute Gasteiger partial charge is 0.478 e. The number of hydrogen-bond donors (Lipinski definition) is 2. The van der Waals surface area contributed by atoms with Crippen molar-refractivity contribution in [1.82, 2.24) is 4.57 Å². The van der Waals surface area contributed by atoms with Crippen molar-refractivity contribution in [3.05, 3.63) is 81.6 Å². The summed E-state index contributed by atoms with van der Waals surface area (Å²) in [5.41, 5.74) is 11.6. The van der Waals surface area contributed by atoms with Crippen molar-refractivity contribution in [3.63, 3.8) is 0 Å². The van der Waals surface area contributed by atoms with Crippen LogP contribution in [0.2, 0.25) is 0 Å². The summed E-state index contributed by atoms with van der Waals surface area (Å²) in [4.78, 5) is 11.5. The first-order valence-corrected chi connectivity index (χ1v) is 18.2. The van der Waals surface area contributed by atoms with Crippen LogP contribution in [0.3, 0.4) is 0 Å². The lowest BCUT2D eigenvalue weighted by Crippen LogP contribution is -2.62. The van der Waals surface area contributed by atoms with Gasteiger partial charge in [0.15, 0.2) is 0 Å². The number of aliphatic hydroxyl groups excluding tert-OH is 1. The van der Waals surface area contributed by atoms with Crippen LogP contribution in [0, 0.1) is 22.7 Å². The Morgan fingerprint density at radius 2 is 1.77 bits per heavy atom. The van der Waals surface area contributed by atoms with Gasteiger partial charge in [-0.3, -0.25) is 0 Å². The number of hydrogen-bond acceptors (Lipinski definition) is 3. The molecular formula is C43H53NO4. The molecule has 0 bridgehead atoms. The average molecular weight is 648 g/mol. The molecule has 0 spiro atoms. The van der Waals surface area contributed by atoms with E-state index in [1.807, 2.05) is 6.08 Å². The first-order valence-electron chi connectivity index (χ1n) is 18.2. The Hall–Kier alpha value is -3.15. The van der Waals surface area contributed by atoms with E-state index < -0.39 is 17.5 Å². The summed E-state index contributed by atoms with van der Waals surface area (Å²) < 4.78 is 9.34. The summed E-state index contributed by atoms with van der Waals surface area (Å²) in [6.07, 6.45) is 16.0. The van der Waals surface area contributed by atoms with Crippen LogP contribution in [0.25, 0.3) is 22.6 Å². The highest BCUT2D eigenvalue weighted by Crippen LogP contribution is 2.71. The van der Waals surface area contributed by atoms with Gasteiger partial charge in [0.25, 0.3) is 0 Å². The average Bonchev–Trinajstić information content (AvgIpc) is 3.71. The molecule has 1 aromatic carbocycles. The minimum absolute atomic E-state index is 0.0472. The van der Waals surface area contributed by atoms with Crippen LogP contribution in [0.4, 0.5) is 0 Å². The zero-order chi connectivity index (χ0) is 34.5. The third-order valence-electron chi connectivity index (χ3n) is 14.4. The lowest BCUT2D eigenvalue weighted by atomic mass is 9.40. The predicted molar refractivity (Wildman–Crippen MR) is 194 cm³/mol. The van der Waals surface area contributed by atoms with E-state index in [1.165, 1.54) is 55.6 Å². The van der Waals surface area contributed by atoms with E-state index in [1.54, 1.807) is 13.0 Å². The summed E-state index contributed by atoms with van der Waals surface area (Å²) in [5, 5.41) is 22.5. The Kier molecular flexibility index (Phi) is 6.52. The van der Waals surface area contributed by atoms with Gasteiger partial charge in [-0.1, -0.05) is 51.2 Å². The lowest BCUT2D eigenvalue weighted by molar-refractivity contribution is -0.145. The maximum atomic E-state index is 11.7. The molecular weight excluding hydrogens is 594 g/mol. The Balaban J connectivity index is 1.33. The summed E-state index contributed by atoms with van der Waals surface area (Å²) in [5.74, 6) is -0.113. The normalized spacial score (nSPS) is 37.1. The van der Waals surface area contributed by atoms with Crippen molar-refractivity contribution in [2.24, 2.45) is 22.7 Å². The third-order valence-corrected chi connectivity index (χ3v) is 14.4. The molecule has 6 aliphatic rings. The van der Waals surface area contributed by atoms with Crippen LogP contribution in [-0.2, 0) is 27.8 Å².